The van der Waals surface area contributed by atoms with Crippen LogP contribution in [0.25, 0.3) is 0 Å². The molecule has 7 N–H and O–H groups in total. The number of nitrogens with zero attached hydrogens (tertiary/aromatic N) is 1. The van der Waals surface area contributed by atoms with E-state index in [2.05, 4.69) is 5.43 Å². The zero-order chi connectivity index (χ0) is 9.30. The molecule has 1 rings (SSSR count). The van der Waals surface area contributed by atoms with Crippen LogP contribution >= 0.6 is 11.6 Å². The van der Waals surface area contributed by atoms with Gasteiger partial charge < -0.3 is 17.2 Å². The number of nitrogens with two attached hydrogens (primary N) is 3. The second kappa shape index (κ2) is 2.82. The topological polar surface area (TPSA) is 110 Å². The largest absolute Gasteiger partial charge is 0.396 e. The molecule has 0 bridgehead atoms. The van der Waals surface area contributed by atoms with Crippen LogP contribution in [0.5, 0.6) is 0 Å². The second-order valence-corrected chi connectivity index (χ2v) is 2.50. The number of allylic oxidation sites excluding steroid dienone is 1. The molecule has 0 spiro atoms. The van der Waals surface area contributed by atoms with Crippen LogP contribution < -0.4 is 22.6 Å². The number of carbonyl (C=O) groups excluding carboxylic acids is 1. The molecule has 0 aliphatic carbocycles. The van der Waals surface area contributed by atoms with E-state index in [0.29, 0.717) is 0 Å². The monoisotopic (exact) mass is 189 g/mol. The Kier molecular flexibility index (Phi) is 2.01. The Morgan fingerprint density at radius 1 is 1.58 bits per heavy atom. The van der Waals surface area contributed by atoms with Gasteiger partial charge in [-0.15, -0.1) is 0 Å². The van der Waals surface area contributed by atoms with Gasteiger partial charge in [-0.2, -0.15) is 5.01 Å². The molecule has 0 saturated heterocycles. The van der Waals surface area contributed by atoms with E-state index in [9.17, 15) is 4.79 Å². The Balaban J connectivity index is 2.92. The van der Waals surface area contributed by atoms with Crippen molar-refractivity contribution in [1.29, 1.82) is 0 Å². The van der Waals surface area contributed by atoms with Gasteiger partial charge in [-0.05, 0) is 0 Å². The molecule has 0 aromatic heterocycles. The molecule has 0 fully saturated rings. The lowest BCUT2D eigenvalue weighted by Crippen LogP contribution is -2.48. The molecule has 0 atom stereocenters. The van der Waals surface area contributed by atoms with E-state index >= 15 is 0 Å². The van der Waals surface area contributed by atoms with Gasteiger partial charge >= 0.3 is 6.03 Å². The molecule has 1 aliphatic rings. The van der Waals surface area contributed by atoms with Gasteiger partial charge in [0.1, 0.15) is 11.0 Å². The Morgan fingerprint density at radius 3 is 2.67 bits per heavy atom. The first-order chi connectivity index (χ1) is 5.52. The number of carbonyl (C=O) groups is 1. The zero-order valence-electron chi connectivity index (χ0n) is 6.04. The fraction of sp³-hybridized carbons (Fsp3) is 0. The van der Waals surface area contributed by atoms with Crippen LogP contribution in [0.1, 0.15) is 0 Å². The average Bonchev–Trinajstić information content (AvgIpc) is 1.96. The highest BCUT2D eigenvalue weighted by molar-refractivity contribution is 6.29. The molecule has 1 aliphatic heterocycles. The summed E-state index contributed by atoms with van der Waals surface area (Å²) in [6, 6.07) is -0.755. The zero-order valence-corrected chi connectivity index (χ0v) is 6.80. The fourth-order valence-corrected chi connectivity index (χ4v) is 0.836. The first-order valence-electron chi connectivity index (χ1n) is 3.01. The maximum absolute atomic E-state index is 10.7. The van der Waals surface area contributed by atoms with E-state index in [1.165, 1.54) is 6.08 Å². The second-order valence-electron chi connectivity index (χ2n) is 2.12. The van der Waals surface area contributed by atoms with Gasteiger partial charge in [0.05, 0.1) is 5.70 Å². The van der Waals surface area contributed by atoms with Crippen molar-refractivity contribution in [3.05, 3.63) is 22.8 Å². The van der Waals surface area contributed by atoms with Crippen LogP contribution in [0.15, 0.2) is 22.8 Å². The molecule has 0 saturated carbocycles. The normalized spacial score (nSPS) is 17.1. The minimum atomic E-state index is -0.755. The van der Waals surface area contributed by atoms with E-state index in [0.717, 1.165) is 5.01 Å². The summed E-state index contributed by atoms with van der Waals surface area (Å²) < 4.78 is 0. The third kappa shape index (κ3) is 1.37. The summed E-state index contributed by atoms with van der Waals surface area (Å²) in [5.41, 5.74) is 18.4. The summed E-state index contributed by atoms with van der Waals surface area (Å²) in [5, 5.41) is 1.00. The summed E-state index contributed by atoms with van der Waals surface area (Å²) in [6.07, 6.45) is 1.34. The fourth-order valence-electron chi connectivity index (χ4n) is 0.697. The van der Waals surface area contributed by atoms with Gasteiger partial charge in [-0.25, -0.2) is 4.79 Å². The van der Waals surface area contributed by atoms with Crippen LogP contribution in [-0.2, 0) is 0 Å². The standard InChI is InChI=1S/C5H8ClN5O/c6-4-2(7)1-3(8)11(10-4)5(9)12/h1,10H,7-8H2,(H2,9,12). The average molecular weight is 190 g/mol. The van der Waals surface area contributed by atoms with Crippen molar-refractivity contribution in [2.24, 2.45) is 17.2 Å². The lowest BCUT2D eigenvalue weighted by Gasteiger charge is -2.25. The molecule has 2 amide bonds. The van der Waals surface area contributed by atoms with Crippen molar-refractivity contribution in [1.82, 2.24) is 10.4 Å². The van der Waals surface area contributed by atoms with Crippen LogP contribution in [0, 0.1) is 0 Å². The summed E-state index contributed by atoms with van der Waals surface area (Å²) in [4.78, 5) is 10.7. The summed E-state index contributed by atoms with van der Waals surface area (Å²) in [7, 11) is 0. The van der Waals surface area contributed by atoms with Crippen molar-refractivity contribution in [2.75, 3.05) is 0 Å². The number of nitrogens with one attached hydrogen (secondary N) is 1. The van der Waals surface area contributed by atoms with Crippen LogP contribution in [0.4, 0.5) is 4.79 Å². The van der Waals surface area contributed by atoms with Gasteiger partial charge in [0, 0.05) is 6.08 Å². The lowest BCUT2D eigenvalue weighted by molar-refractivity contribution is 0.207. The van der Waals surface area contributed by atoms with Gasteiger partial charge in [-0.3, -0.25) is 5.43 Å². The number of rotatable bonds is 0. The highest BCUT2D eigenvalue weighted by Gasteiger charge is 2.18. The third-order valence-electron chi connectivity index (χ3n) is 1.25. The molecule has 7 heteroatoms. The molecule has 6 nitrogen and oxygen atoms in total. The first-order valence-corrected chi connectivity index (χ1v) is 3.39. The minimum Gasteiger partial charge on any atom is -0.396 e. The Hall–Kier alpha value is -1.56. The maximum atomic E-state index is 10.7. The van der Waals surface area contributed by atoms with Crippen LogP contribution in [0.3, 0.4) is 0 Å². The number of hydrazine groups is 1. The molecular weight excluding hydrogens is 182 g/mol. The van der Waals surface area contributed by atoms with Crippen LogP contribution in [0.2, 0.25) is 0 Å². The molecule has 0 unspecified atom stereocenters. The van der Waals surface area contributed by atoms with Gasteiger partial charge in [0.15, 0.2) is 0 Å². The number of primary amides is 1. The number of hydrogen-bond acceptors (Lipinski definition) is 4. The minimum absolute atomic E-state index is 0.101. The smallest absolute Gasteiger partial charge is 0.339 e. The number of urea groups is 1. The first kappa shape index (κ1) is 8.54. The Morgan fingerprint density at radius 2 is 2.17 bits per heavy atom. The number of amides is 2. The van der Waals surface area contributed by atoms with Gasteiger partial charge in [0.25, 0.3) is 0 Å². The predicted molar refractivity (Wildman–Crippen MR) is 43.9 cm³/mol. The van der Waals surface area contributed by atoms with E-state index in [-0.39, 0.29) is 16.7 Å². The molecule has 0 aromatic rings. The SMILES string of the molecule is NC(=O)N1NC(Cl)=C(N)C=C1N. The van der Waals surface area contributed by atoms with Crippen LogP contribution in [-0.4, -0.2) is 11.0 Å². The van der Waals surface area contributed by atoms with E-state index in [1.54, 1.807) is 0 Å². The van der Waals surface area contributed by atoms with E-state index < -0.39 is 6.03 Å². The molecule has 1 heterocycles. The van der Waals surface area contributed by atoms with E-state index in [4.69, 9.17) is 28.8 Å². The molecule has 12 heavy (non-hydrogen) atoms. The summed E-state index contributed by atoms with van der Waals surface area (Å²) in [6.45, 7) is 0. The van der Waals surface area contributed by atoms with Gasteiger partial charge in [0.2, 0.25) is 0 Å². The van der Waals surface area contributed by atoms with Crippen molar-refractivity contribution >= 4 is 17.6 Å². The molecule has 66 valence electrons. The molecular formula is C5H8ClN5O. The predicted octanol–water partition coefficient (Wildman–Crippen LogP) is -0.948. The number of hydrogen-bond donors (Lipinski definition) is 4. The molecule has 0 aromatic carbocycles. The highest BCUT2D eigenvalue weighted by Crippen LogP contribution is 2.11. The van der Waals surface area contributed by atoms with Crippen molar-refractivity contribution in [3.8, 4) is 0 Å². The van der Waals surface area contributed by atoms with Crippen molar-refractivity contribution in [2.45, 2.75) is 0 Å². The maximum Gasteiger partial charge on any atom is 0.339 e. The molecule has 0 radical (unpaired) electrons. The van der Waals surface area contributed by atoms with Crippen molar-refractivity contribution in [3.63, 3.8) is 0 Å². The quantitative estimate of drug-likeness (QED) is 0.368. The number of halogens is 1. The third-order valence-corrected chi connectivity index (χ3v) is 1.55. The van der Waals surface area contributed by atoms with Gasteiger partial charge in [-0.1, -0.05) is 11.6 Å². The highest BCUT2D eigenvalue weighted by atomic mass is 35.5. The van der Waals surface area contributed by atoms with Crippen molar-refractivity contribution < 1.29 is 4.79 Å². The lowest BCUT2D eigenvalue weighted by atomic mass is 10.4. The Bertz CT molecular complexity index is 284. The Labute approximate surface area is 73.6 Å². The summed E-state index contributed by atoms with van der Waals surface area (Å²) >= 11 is 5.57. The van der Waals surface area contributed by atoms with E-state index in [1.807, 2.05) is 0 Å². The summed E-state index contributed by atoms with van der Waals surface area (Å²) in [5.74, 6) is 0.101.